The molecule has 0 amide bonds. The molecule has 70 valence electrons. The molecule has 0 aliphatic carbocycles. The summed E-state index contributed by atoms with van der Waals surface area (Å²) in [4.78, 5) is 10.2. The van der Waals surface area contributed by atoms with Gasteiger partial charge in [0.2, 0.25) is 0 Å². The van der Waals surface area contributed by atoms with Crippen molar-refractivity contribution in [1.29, 1.82) is 0 Å². The zero-order chi connectivity index (χ0) is 10.1. The summed E-state index contributed by atoms with van der Waals surface area (Å²) < 4.78 is 4.70. The maximum atomic E-state index is 10.2. The third-order valence-corrected chi connectivity index (χ3v) is 1.10. The fourth-order valence-electron chi connectivity index (χ4n) is 0.589. The van der Waals surface area contributed by atoms with Gasteiger partial charge in [0.15, 0.2) is 0 Å². The van der Waals surface area contributed by atoms with E-state index in [-0.39, 0.29) is 0 Å². The van der Waals surface area contributed by atoms with E-state index in [2.05, 4.69) is 11.8 Å². The highest BCUT2D eigenvalue weighted by Gasteiger charge is 1.87. The molecule has 0 atom stereocenters. The van der Waals surface area contributed by atoms with Crippen LogP contribution < -0.4 is 0 Å². The second kappa shape index (κ2) is 7.14. The Labute approximate surface area is 77.7 Å². The molecule has 3 nitrogen and oxygen atoms in total. The maximum Gasteiger partial charge on any atom is 0.328 e. The van der Waals surface area contributed by atoms with E-state index in [0.717, 1.165) is 6.08 Å². The fourth-order valence-corrected chi connectivity index (χ4v) is 0.589. The molecule has 0 aromatic carbocycles. The van der Waals surface area contributed by atoms with Gasteiger partial charge in [0.1, 0.15) is 6.61 Å². The van der Waals surface area contributed by atoms with Crippen LogP contribution in [0, 0.1) is 11.8 Å². The van der Waals surface area contributed by atoms with Crippen molar-refractivity contribution < 1.29 is 14.6 Å². The summed E-state index contributed by atoms with van der Waals surface area (Å²) in [5, 5.41) is 8.36. The average Bonchev–Trinajstić information content (AvgIpc) is 2.02. The van der Waals surface area contributed by atoms with Crippen molar-refractivity contribution in [1.82, 2.24) is 0 Å². The minimum Gasteiger partial charge on any atom is -0.478 e. The molecule has 0 aromatic rings. The monoisotopic (exact) mass is 180 g/mol. The summed E-state index contributed by atoms with van der Waals surface area (Å²) in [7, 11) is 1.56. The SMILES string of the molecule is COCC#C/C=C/C(C)=C\C(=O)O. The fraction of sp³-hybridized carbons (Fsp3) is 0.300. The van der Waals surface area contributed by atoms with Crippen LogP contribution in [0.25, 0.3) is 0 Å². The molecule has 0 rings (SSSR count). The first-order valence-electron chi connectivity index (χ1n) is 3.72. The van der Waals surface area contributed by atoms with Crippen LogP contribution in [-0.2, 0) is 9.53 Å². The zero-order valence-corrected chi connectivity index (χ0v) is 7.70. The summed E-state index contributed by atoms with van der Waals surface area (Å²) >= 11 is 0. The third-order valence-electron chi connectivity index (χ3n) is 1.10. The Morgan fingerprint density at radius 1 is 1.62 bits per heavy atom. The molecule has 0 fully saturated rings. The highest BCUT2D eigenvalue weighted by atomic mass is 16.5. The van der Waals surface area contributed by atoms with E-state index in [1.54, 1.807) is 26.2 Å². The van der Waals surface area contributed by atoms with E-state index < -0.39 is 5.97 Å². The number of aliphatic carboxylic acids is 1. The molecule has 0 saturated carbocycles. The normalized spacial score (nSPS) is 11.1. The van der Waals surface area contributed by atoms with Gasteiger partial charge in [-0.15, -0.1) is 0 Å². The lowest BCUT2D eigenvalue weighted by molar-refractivity contribution is -0.131. The molecule has 1 N–H and O–H groups in total. The quantitative estimate of drug-likeness (QED) is 0.403. The number of carboxylic acid groups (broad SMARTS) is 1. The standard InChI is InChI=1S/C10H12O3/c1-9(8-10(11)12)6-4-3-5-7-13-2/h4,6,8H,7H2,1-2H3,(H,11,12)/b6-4+,9-8-. The Morgan fingerprint density at radius 3 is 2.85 bits per heavy atom. The second-order valence-electron chi connectivity index (χ2n) is 2.31. The average molecular weight is 180 g/mol. The van der Waals surface area contributed by atoms with Crippen LogP contribution in [0.4, 0.5) is 0 Å². The number of allylic oxidation sites excluding steroid dienone is 3. The van der Waals surface area contributed by atoms with Crippen LogP contribution in [0.15, 0.2) is 23.8 Å². The topological polar surface area (TPSA) is 46.5 Å². The predicted octanol–water partition coefficient (Wildman–Crippen LogP) is 1.22. The molecule has 0 aromatic heterocycles. The van der Waals surface area contributed by atoms with Gasteiger partial charge >= 0.3 is 5.97 Å². The summed E-state index contributed by atoms with van der Waals surface area (Å²) in [5.74, 6) is 4.46. The molecule has 0 heterocycles. The molecular weight excluding hydrogens is 168 g/mol. The van der Waals surface area contributed by atoms with Crippen molar-refractivity contribution in [2.45, 2.75) is 6.92 Å². The molecule has 0 aliphatic rings. The number of hydrogen-bond acceptors (Lipinski definition) is 2. The Kier molecular flexibility index (Phi) is 6.30. The highest BCUT2D eigenvalue weighted by Crippen LogP contribution is 1.93. The Balaban J connectivity index is 4.00. The van der Waals surface area contributed by atoms with Crippen molar-refractivity contribution >= 4 is 5.97 Å². The first kappa shape index (κ1) is 11.5. The number of methoxy groups -OCH3 is 1. The maximum absolute atomic E-state index is 10.2. The van der Waals surface area contributed by atoms with Crippen LogP contribution in [0.5, 0.6) is 0 Å². The van der Waals surface area contributed by atoms with Crippen LogP contribution in [-0.4, -0.2) is 24.8 Å². The number of hydrogen-bond donors (Lipinski definition) is 1. The lowest BCUT2D eigenvalue weighted by Gasteiger charge is -1.85. The predicted molar refractivity (Wildman–Crippen MR) is 50.2 cm³/mol. The van der Waals surface area contributed by atoms with Gasteiger partial charge in [-0.2, -0.15) is 0 Å². The van der Waals surface area contributed by atoms with Gasteiger partial charge in [0.05, 0.1) is 0 Å². The Bertz CT molecular complexity index is 276. The molecule has 0 spiro atoms. The van der Waals surface area contributed by atoms with Gasteiger partial charge < -0.3 is 9.84 Å². The molecule has 0 radical (unpaired) electrons. The zero-order valence-electron chi connectivity index (χ0n) is 7.70. The van der Waals surface area contributed by atoms with Gasteiger partial charge in [-0.25, -0.2) is 4.79 Å². The van der Waals surface area contributed by atoms with Crippen LogP contribution in [0.1, 0.15) is 6.92 Å². The van der Waals surface area contributed by atoms with E-state index in [1.165, 1.54) is 0 Å². The molecule has 13 heavy (non-hydrogen) atoms. The van der Waals surface area contributed by atoms with Gasteiger partial charge in [-0.05, 0) is 18.6 Å². The molecule has 0 saturated heterocycles. The summed E-state index contributed by atoms with van der Waals surface area (Å²) in [5.41, 5.74) is 0.652. The first-order chi connectivity index (χ1) is 6.16. The molecule has 3 heteroatoms. The molecule has 0 unspecified atom stereocenters. The van der Waals surface area contributed by atoms with Gasteiger partial charge in [0.25, 0.3) is 0 Å². The largest absolute Gasteiger partial charge is 0.478 e. The minimum absolute atomic E-state index is 0.381. The summed E-state index contributed by atoms with van der Waals surface area (Å²) in [6, 6.07) is 0. The molecule has 0 bridgehead atoms. The van der Waals surface area contributed by atoms with Crippen LogP contribution in [0.3, 0.4) is 0 Å². The van der Waals surface area contributed by atoms with E-state index in [4.69, 9.17) is 9.84 Å². The minimum atomic E-state index is -0.952. The van der Waals surface area contributed by atoms with Crippen molar-refractivity contribution in [2.75, 3.05) is 13.7 Å². The van der Waals surface area contributed by atoms with Gasteiger partial charge in [-0.3, -0.25) is 0 Å². The first-order valence-corrected chi connectivity index (χ1v) is 3.72. The molecular formula is C10H12O3. The lowest BCUT2D eigenvalue weighted by atomic mass is 10.2. The number of carbonyl (C=O) groups is 1. The van der Waals surface area contributed by atoms with E-state index in [0.29, 0.717) is 12.2 Å². The van der Waals surface area contributed by atoms with Crippen molar-refractivity contribution in [3.05, 3.63) is 23.8 Å². The van der Waals surface area contributed by atoms with E-state index in [9.17, 15) is 4.79 Å². The summed E-state index contributed by atoms with van der Waals surface area (Å²) in [6.45, 7) is 2.08. The number of ether oxygens (including phenoxy) is 1. The highest BCUT2D eigenvalue weighted by molar-refractivity contribution is 5.81. The summed E-state index contributed by atoms with van der Waals surface area (Å²) in [6.07, 6.45) is 4.35. The third kappa shape index (κ3) is 8.38. The smallest absolute Gasteiger partial charge is 0.328 e. The lowest BCUT2D eigenvalue weighted by Crippen LogP contribution is -1.87. The Hall–Kier alpha value is -1.53. The van der Waals surface area contributed by atoms with Crippen LogP contribution in [0.2, 0.25) is 0 Å². The van der Waals surface area contributed by atoms with Gasteiger partial charge in [0, 0.05) is 13.2 Å². The van der Waals surface area contributed by atoms with Crippen molar-refractivity contribution in [2.24, 2.45) is 0 Å². The second-order valence-corrected chi connectivity index (χ2v) is 2.31. The molecule has 0 aliphatic heterocycles. The number of carboxylic acids is 1. The van der Waals surface area contributed by atoms with Gasteiger partial charge in [-0.1, -0.05) is 17.9 Å². The van der Waals surface area contributed by atoms with Crippen molar-refractivity contribution in [3.8, 4) is 11.8 Å². The van der Waals surface area contributed by atoms with Crippen LogP contribution >= 0.6 is 0 Å². The Morgan fingerprint density at radius 2 is 2.31 bits per heavy atom. The van der Waals surface area contributed by atoms with Crippen molar-refractivity contribution in [3.63, 3.8) is 0 Å². The van der Waals surface area contributed by atoms with E-state index >= 15 is 0 Å². The van der Waals surface area contributed by atoms with E-state index in [1.807, 2.05) is 0 Å². The number of rotatable bonds is 3.